The number of carbonyl (C=O) groups is 2. The minimum Gasteiger partial charge on any atom is -0.504 e. The fourth-order valence-electron chi connectivity index (χ4n) is 2.76. The van der Waals surface area contributed by atoms with Gasteiger partial charge in [-0.1, -0.05) is 12.1 Å². The molecule has 2 amide bonds. The standard InChI is InChI=1S/C24H28N2O6/c1-31-21-9-5-17(15-19(21)27)7-11-23(29)25-13-3-4-14-26-24(30)12-8-18-6-10-22(32-2)20(28)16-18/h5-12,15-16,27-28H,3-4,13-14H2,1-2H3,(H,25,29)(H,26,30)/b11-7+,12-8+. The van der Waals surface area contributed by atoms with Crippen LogP contribution in [-0.2, 0) is 9.59 Å². The van der Waals surface area contributed by atoms with Gasteiger partial charge in [-0.3, -0.25) is 9.59 Å². The molecule has 4 N–H and O–H groups in total. The molecular formula is C24H28N2O6. The first kappa shape index (κ1) is 24.3. The van der Waals surface area contributed by atoms with E-state index in [1.54, 1.807) is 36.4 Å². The number of rotatable bonds is 11. The van der Waals surface area contributed by atoms with Gasteiger partial charge in [0.2, 0.25) is 11.8 Å². The highest BCUT2D eigenvalue weighted by atomic mass is 16.5. The number of ether oxygens (including phenoxy) is 2. The number of unbranched alkanes of at least 4 members (excludes halogenated alkanes) is 1. The summed E-state index contributed by atoms with van der Waals surface area (Å²) >= 11 is 0. The average Bonchev–Trinajstić information content (AvgIpc) is 2.78. The number of amides is 2. The lowest BCUT2D eigenvalue weighted by atomic mass is 10.2. The van der Waals surface area contributed by atoms with Gasteiger partial charge in [0.15, 0.2) is 23.0 Å². The van der Waals surface area contributed by atoms with Crippen LogP contribution in [0, 0.1) is 0 Å². The van der Waals surface area contributed by atoms with Gasteiger partial charge in [-0.15, -0.1) is 0 Å². The van der Waals surface area contributed by atoms with E-state index in [1.807, 2.05) is 0 Å². The highest BCUT2D eigenvalue weighted by Crippen LogP contribution is 2.27. The molecular weight excluding hydrogens is 412 g/mol. The van der Waals surface area contributed by atoms with Crippen molar-refractivity contribution in [3.8, 4) is 23.0 Å². The van der Waals surface area contributed by atoms with Gasteiger partial charge in [0.25, 0.3) is 0 Å². The molecule has 0 spiro atoms. The van der Waals surface area contributed by atoms with Crippen molar-refractivity contribution in [2.24, 2.45) is 0 Å². The third kappa shape index (κ3) is 8.06. The highest BCUT2D eigenvalue weighted by molar-refractivity contribution is 5.92. The van der Waals surface area contributed by atoms with Crippen molar-refractivity contribution >= 4 is 24.0 Å². The molecule has 0 radical (unpaired) electrons. The molecule has 0 aliphatic heterocycles. The quantitative estimate of drug-likeness (QED) is 0.315. The van der Waals surface area contributed by atoms with E-state index in [2.05, 4.69) is 10.6 Å². The van der Waals surface area contributed by atoms with E-state index in [0.717, 1.165) is 0 Å². The SMILES string of the molecule is COc1ccc(/C=C/C(=O)NCCCCNC(=O)/C=C/c2ccc(OC)c(O)c2)cc1O. The summed E-state index contributed by atoms with van der Waals surface area (Å²) in [5.41, 5.74) is 1.36. The lowest BCUT2D eigenvalue weighted by Crippen LogP contribution is -2.25. The topological polar surface area (TPSA) is 117 Å². The predicted octanol–water partition coefficient (Wildman–Crippen LogP) is 2.85. The van der Waals surface area contributed by atoms with Crippen LogP contribution in [0.15, 0.2) is 48.6 Å². The number of carbonyl (C=O) groups excluding carboxylic acids is 2. The van der Waals surface area contributed by atoms with Crippen molar-refractivity contribution in [3.63, 3.8) is 0 Å². The molecule has 0 saturated carbocycles. The van der Waals surface area contributed by atoms with Gasteiger partial charge in [0.1, 0.15) is 0 Å². The number of phenols is 2. The molecule has 0 aliphatic carbocycles. The maximum Gasteiger partial charge on any atom is 0.243 e. The summed E-state index contributed by atoms with van der Waals surface area (Å²) < 4.78 is 9.95. The van der Waals surface area contributed by atoms with Gasteiger partial charge in [0, 0.05) is 25.2 Å². The first-order valence-corrected chi connectivity index (χ1v) is 10.1. The van der Waals surface area contributed by atoms with Crippen molar-refractivity contribution in [2.45, 2.75) is 12.8 Å². The molecule has 0 unspecified atom stereocenters. The second-order valence-electron chi connectivity index (χ2n) is 6.82. The molecule has 0 aliphatic rings. The molecule has 0 heterocycles. The van der Waals surface area contributed by atoms with Crippen LogP contribution in [0.4, 0.5) is 0 Å². The van der Waals surface area contributed by atoms with Crippen LogP contribution in [0.1, 0.15) is 24.0 Å². The van der Waals surface area contributed by atoms with E-state index in [4.69, 9.17) is 9.47 Å². The zero-order valence-electron chi connectivity index (χ0n) is 18.1. The molecule has 2 aromatic rings. The molecule has 2 aromatic carbocycles. The Kier molecular flexibility index (Phi) is 9.65. The van der Waals surface area contributed by atoms with Crippen molar-refractivity contribution < 1.29 is 29.3 Å². The van der Waals surface area contributed by atoms with Crippen LogP contribution in [0.25, 0.3) is 12.2 Å². The zero-order valence-corrected chi connectivity index (χ0v) is 18.1. The van der Waals surface area contributed by atoms with E-state index < -0.39 is 0 Å². The number of nitrogens with one attached hydrogen (secondary N) is 2. The molecule has 8 nitrogen and oxygen atoms in total. The van der Waals surface area contributed by atoms with E-state index in [-0.39, 0.29) is 23.3 Å². The third-order valence-electron chi connectivity index (χ3n) is 4.46. The van der Waals surface area contributed by atoms with Crippen LogP contribution in [0.2, 0.25) is 0 Å². The molecule has 0 bridgehead atoms. The fourth-order valence-corrected chi connectivity index (χ4v) is 2.76. The largest absolute Gasteiger partial charge is 0.504 e. The molecule has 0 atom stereocenters. The Labute approximate surface area is 187 Å². The summed E-state index contributed by atoms with van der Waals surface area (Å²) in [6.07, 6.45) is 7.40. The molecule has 170 valence electrons. The van der Waals surface area contributed by atoms with Crippen LogP contribution in [0.3, 0.4) is 0 Å². The minimum absolute atomic E-state index is 0.00842. The average molecular weight is 440 g/mol. The first-order chi connectivity index (χ1) is 15.4. The van der Waals surface area contributed by atoms with Gasteiger partial charge < -0.3 is 30.3 Å². The number of benzene rings is 2. The van der Waals surface area contributed by atoms with Crippen LogP contribution < -0.4 is 20.1 Å². The molecule has 0 saturated heterocycles. The second kappa shape index (κ2) is 12.7. The van der Waals surface area contributed by atoms with Crippen molar-refractivity contribution in [2.75, 3.05) is 27.3 Å². The zero-order chi connectivity index (χ0) is 23.3. The number of hydrogen-bond acceptors (Lipinski definition) is 6. The molecule has 0 aromatic heterocycles. The molecule has 0 fully saturated rings. The van der Waals surface area contributed by atoms with Gasteiger partial charge in [-0.2, -0.15) is 0 Å². The monoisotopic (exact) mass is 440 g/mol. The van der Waals surface area contributed by atoms with E-state index in [9.17, 15) is 19.8 Å². The summed E-state index contributed by atoms with van der Waals surface area (Å²) in [6, 6.07) is 9.73. The lowest BCUT2D eigenvalue weighted by molar-refractivity contribution is -0.117. The Morgan fingerprint density at radius 1 is 0.781 bits per heavy atom. The van der Waals surface area contributed by atoms with E-state index >= 15 is 0 Å². The molecule has 2 rings (SSSR count). The number of aromatic hydroxyl groups is 2. The van der Waals surface area contributed by atoms with Gasteiger partial charge in [-0.05, 0) is 60.4 Å². The normalized spacial score (nSPS) is 10.9. The van der Waals surface area contributed by atoms with Crippen LogP contribution in [0.5, 0.6) is 23.0 Å². The molecule has 32 heavy (non-hydrogen) atoms. The van der Waals surface area contributed by atoms with E-state index in [1.165, 1.54) is 38.5 Å². The summed E-state index contributed by atoms with van der Waals surface area (Å²) in [7, 11) is 2.93. The fraction of sp³-hybridized carbons (Fsp3) is 0.250. The van der Waals surface area contributed by atoms with Crippen molar-refractivity contribution in [3.05, 3.63) is 59.7 Å². The highest BCUT2D eigenvalue weighted by Gasteiger charge is 2.02. The first-order valence-electron chi connectivity index (χ1n) is 10.1. The summed E-state index contributed by atoms with van der Waals surface area (Å²) in [6.45, 7) is 0.960. The van der Waals surface area contributed by atoms with E-state index in [0.29, 0.717) is 48.6 Å². The van der Waals surface area contributed by atoms with Crippen LogP contribution >= 0.6 is 0 Å². The predicted molar refractivity (Wildman–Crippen MR) is 123 cm³/mol. The Balaban J connectivity index is 1.62. The number of methoxy groups -OCH3 is 2. The lowest BCUT2D eigenvalue weighted by Gasteiger charge is -2.05. The maximum absolute atomic E-state index is 11.9. The Bertz CT molecular complexity index is 905. The summed E-state index contributed by atoms with van der Waals surface area (Å²) in [5, 5.41) is 25.0. The van der Waals surface area contributed by atoms with Crippen molar-refractivity contribution in [1.82, 2.24) is 10.6 Å². The smallest absolute Gasteiger partial charge is 0.243 e. The van der Waals surface area contributed by atoms with Gasteiger partial charge >= 0.3 is 0 Å². The molecule has 8 heteroatoms. The van der Waals surface area contributed by atoms with Gasteiger partial charge in [-0.25, -0.2) is 0 Å². The second-order valence-corrected chi connectivity index (χ2v) is 6.82. The third-order valence-corrected chi connectivity index (χ3v) is 4.46. The Morgan fingerprint density at radius 2 is 1.19 bits per heavy atom. The number of phenolic OH excluding ortho intramolecular Hbond substituents is 2. The Morgan fingerprint density at radius 3 is 1.53 bits per heavy atom. The summed E-state index contributed by atoms with van der Waals surface area (Å²) in [4.78, 5) is 23.7. The van der Waals surface area contributed by atoms with Gasteiger partial charge in [0.05, 0.1) is 14.2 Å². The summed E-state index contributed by atoms with van der Waals surface area (Å²) in [5.74, 6) is 0.275. The Hall–Kier alpha value is -3.94. The maximum atomic E-state index is 11.9. The number of hydrogen-bond donors (Lipinski definition) is 4. The minimum atomic E-state index is -0.241. The van der Waals surface area contributed by atoms with Crippen LogP contribution in [-0.4, -0.2) is 49.3 Å². The van der Waals surface area contributed by atoms with Crippen molar-refractivity contribution in [1.29, 1.82) is 0 Å².